The second-order valence-corrected chi connectivity index (χ2v) is 24.3. The first-order valence-electron chi connectivity index (χ1n) is 34.2. The van der Waals surface area contributed by atoms with Crippen molar-refractivity contribution in [2.75, 3.05) is 19.8 Å². The Morgan fingerprint density at radius 1 is 0.439 bits per heavy atom. The summed E-state index contributed by atoms with van der Waals surface area (Å²) >= 11 is 0. The first kappa shape index (κ1) is 76.3. The number of hydrogen-bond acceptors (Lipinski definition) is 13. The average Bonchev–Trinajstić information content (AvgIpc) is 3.67. The van der Waals surface area contributed by atoms with Crippen molar-refractivity contribution >= 4 is 5.91 Å². The maximum Gasteiger partial charge on any atom is 0.220 e. The van der Waals surface area contributed by atoms with E-state index in [1.807, 2.05) is 6.08 Å². The van der Waals surface area contributed by atoms with Crippen LogP contribution in [0.1, 0.15) is 296 Å². The van der Waals surface area contributed by atoms with Gasteiger partial charge in [0.05, 0.1) is 32.0 Å². The van der Waals surface area contributed by atoms with Gasteiger partial charge >= 0.3 is 0 Å². The quantitative estimate of drug-likeness (QED) is 0.0204. The second kappa shape index (κ2) is 53.4. The van der Waals surface area contributed by atoms with Gasteiger partial charge in [-0.2, -0.15) is 0 Å². The molecule has 14 nitrogen and oxygen atoms in total. The van der Waals surface area contributed by atoms with Crippen LogP contribution in [0.3, 0.4) is 0 Å². The van der Waals surface area contributed by atoms with Crippen molar-refractivity contribution < 1.29 is 64.6 Å². The molecule has 12 atom stereocenters. The van der Waals surface area contributed by atoms with Crippen LogP contribution in [0, 0.1) is 0 Å². The first-order chi connectivity index (χ1) is 40.1. The number of ether oxygens (including phenoxy) is 4. The zero-order chi connectivity index (χ0) is 59.5. The zero-order valence-electron chi connectivity index (χ0n) is 52.2. The number of nitrogens with one attached hydrogen (secondary N) is 1. The molecular formula is C68H127NO13. The third-order valence-corrected chi connectivity index (χ3v) is 16.8. The molecule has 0 aromatic carbocycles. The Hall–Kier alpha value is -1.79. The molecule has 0 aromatic rings. The summed E-state index contributed by atoms with van der Waals surface area (Å²) in [5, 5.41) is 87.4. The number of hydrogen-bond donors (Lipinski definition) is 9. The standard InChI is InChI=1S/C68H127NO13/c1-3-5-7-9-11-13-15-17-19-21-23-24-25-26-27-28-29-30-31-32-34-35-37-39-41-43-45-47-49-51-57(72)56(69-60(73)52-50-48-46-44-42-40-38-36-33-22-20-18-16-14-12-10-8-6-4-2)55-79-67-65(78)63(76)66(59(54-71)81-67)82-68-64(77)62(75)61(74)58(53-70)80-68/h12,14,18,20,49,51,56-59,61-68,70-72,74-78H,3-11,13,15-17,19,21-48,50,52-55H2,1-2H3,(H,69,73)/b14-12-,20-18-,51-49+. The van der Waals surface area contributed by atoms with Gasteiger partial charge in [0.1, 0.15) is 48.8 Å². The smallest absolute Gasteiger partial charge is 0.220 e. The summed E-state index contributed by atoms with van der Waals surface area (Å²) in [7, 11) is 0. The highest BCUT2D eigenvalue weighted by atomic mass is 16.7. The molecule has 2 heterocycles. The van der Waals surface area contributed by atoms with Gasteiger partial charge in [0.15, 0.2) is 12.6 Å². The lowest BCUT2D eigenvalue weighted by Gasteiger charge is -2.46. The summed E-state index contributed by atoms with van der Waals surface area (Å²) in [5.74, 6) is -0.241. The molecule has 2 fully saturated rings. The SMILES string of the molecule is CCCCC/C=C\C/C=C\CCCCCCCCCCCC(=O)NC(COC1OC(CO)C(OC2OC(CO)C(O)C(O)C2O)C(O)C1O)C(O)/C=C/CCCCCCCCCCCCCCCCCCCCCCCCCCCCC. The van der Waals surface area contributed by atoms with Gasteiger partial charge in [0, 0.05) is 6.42 Å². The lowest BCUT2D eigenvalue weighted by atomic mass is 9.97. The van der Waals surface area contributed by atoms with Crippen LogP contribution in [-0.2, 0) is 23.7 Å². The minimum atomic E-state index is -1.79. The van der Waals surface area contributed by atoms with Crippen LogP contribution in [-0.4, -0.2) is 140 Å². The fourth-order valence-corrected chi connectivity index (χ4v) is 11.3. The van der Waals surface area contributed by atoms with E-state index >= 15 is 0 Å². The molecule has 14 heteroatoms. The Morgan fingerprint density at radius 3 is 1.24 bits per heavy atom. The topological polar surface area (TPSA) is 228 Å². The van der Waals surface area contributed by atoms with E-state index in [1.54, 1.807) is 6.08 Å². The van der Waals surface area contributed by atoms with Crippen LogP contribution in [0.5, 0.6) is 0 Å². The summed E-state index contributed by atoms with van der Waals surface area (Å²) in [6.07, 6.45) is 50.5. The lowest BCUT2D eigenvalue weighted by Crippen LogP contribution is -2.65. The predicted octanol–water partition coefficient (Wildman–Crippen LogP) is 13.3. The number of unbranched alkanes of at least 4 members (excludes halogenated alkanes) is 39. The second-order valence-electron chi connectivity index (χ2n) is 24.3. The van der Waals surface area contributed by atoms with Crippen molar-refractivity contribution in [2.24, 2.45) is 0 Å². The zero-order valence-corrected chi connectivity index (χ0v) is 52.2. The van der Waals surface area contributed by atoms with Gasteiger partial charge in [-0.3, -0.25) is 4.79 Å². The molecule has 482 valence electrons. The van der Waals surface area contributed by atoms with E-state index in [4.69, 9.17) is 18.9 Å². The Labute approximate surface area is 500 Å². The molecule has 2 rings (SSSR count). The average molecular weight is 1170 g/mol. The predicted molar refractivity (Wildman–Crippen MR) is 332 cm³/mol. The molecule has 9 N–H and O–H groups in total. The Balaban J connectivity index is 1.69. The molecule has 0 spiro atoms. The molecule has 82 heavy (non-hydrogen) atoms. The number of carbonyl (C=O) groups excluding carboxylic acids is 1. The molecule has 0 aromatic heterocycles. The minimum absolute atomic E-state index is 0.241. The van der Waals surface area contributed by atoms with E-state index in [-0.39, 0.29) is 18.9 Å². The van der Waals surface area contributed by atoms with Crippen LogP contribution < -0.4 is 5.32 Å². The maximum atomic E-state index is 13.3. The van der Waals surface area contributed by atoms with Crippen LogP contribution in [0.25, 0.3) is 0 Å². The molecule has 0 saturated carbocycles. The number of allylic oxidation sites excluding steroid dienone is 5. The number of aliphatic hydroxyl groups excluding tert-OH is 8. The number of aliphatic hydroxyl groups is 8. The maximum absolute atomic E-state index is 13.3. The molecule has 2 saturated heterocycles. The first-order valence-corrected chi connectivity index (χ1v) is 34.2. The highest BCUT2D eigenvalue weighted by Crippen LogP contribution is 2.30. The minimum Gasteiger partial charge on any atom is -0.394 e. The molecule has 12 unspecified atom stereocenters. The Bertz CT molecular complexity index is 1510. The van der Waals surface area contributed by atoms with Crippen LogP contribution in [0.15, 0.2) is 36.5 Å². The van der Waals surface area contributed by atoms with Gasteiger partial charge in [-0.05, 0) is 51.4 Å². The van der Waals surface area contributed by atoms with Gasteiger partial charge in [-0.1, -0.05) is 275 Å². The van der Waals surface area contributed by atoms with Crippen molar-refractivity contribution in [3.05, 3.63) is 36.5 Å². The van der Waals surface area contributed by atoms with Crippen LogP contribution in [0.2, 0.25) is 0 Å². The summed E-state index contributed by atoms with van der Waals surface area (Å²) in [4.78, 5) is 13.3. The fraction of sp³-hybridized carbons (Fsp3) is 0.897. The molecule has 2 aliphatic rings. The van der Waals surface area contributed by atoms with Gasteiger partial charge < -0.3 is 65.1 Å². The summed E-state index contributed by atoms with van der Waals surface area (Å²) in [6.45, 7) is 2.81. The highest BCUT2D eigenvalue weighted by Gasteiger charge is 2.51. The van der Waals surface area contributed by atoms with Crippen molar-refractivity contribution in [3.63, 3.8) is 0 Å². The van der Waals surface area contributed by atoms with E-state index in [0.717, 1.165) is 51.4 Å². The Morgan fingerprint density at radius 2 is 0.805 bits per heavy atom. The van der Waals surface area contributed by atoms with Crippen LogP contribution in [0.4, 0.5) is 0 Å². The van der Waals surface area contributed by atoms with Gasteiger partial charge in [-0.25, -0.2) is 0 Å². The molecule has 0 bridgehead atoms. The van der Waals surface area contributed by atoms with Crippen molar-refractivity contribution in [1.82, 2.24) is 5.32 Å². The van der Waals surface area contributed by atoms with E-state index in [2.05, 4.69) is 43.5 Å². The number of amides is 1. The largest absolute Gasteiger partial charge is 0.394 e. The summed E-state index contributed by atoms with van der Waals surface area (Å²) in [5.41, 5.74) is 0. The molecule has 0 aliphatic carbocycles. The third-order valence-electron chi connectivity index (χ3n) is 16.8. The number of rotatable bonds is 56. The van der Waals surface area contributed by atoms with E-state index < -0.39 is 86.8 Å². The van der Waals surface area contributed by atoms with E-state index in [9.17, 15) is 45.6 Å². The third kappa shape index (κ3) is 37.7. The van der Waals surface area contributed by atoms with Gasteiger partial charge in [-0.15, -0.1) is 0 Å². The fourth-order valence-electron chi connectivity index (χ4n) is 11.3. The molecule has 2 aliphatic heterocycles. The van der Waals surface area contributed by atoms with Gasteiger partial charge in [0.2, 0.25) is 5.91 Å². The van der Waals surface area contributed by atoms with E-state index in [0.29, 0.717) is 6.42 Å². The van der Waals surface area contributed by atoms with Crippen LogP contribution >= 0.6 is 0 Å². The highest BCUT2D eigenvalue weighted by molar-refractivity contribution is 5.76. The normalized spacial score (nSPS) is 24.1. The molecule has 1 amide bonds. The summed E-state index contributed by atoms with van der Waals surface area (Å²) < 4.78 is 22.8. The molecule has 0 radical (unpaired) electrons. The van der Waals surface area contributed by atoms with E-state index in [1.165, 1.54) is 218 Å². The monoisotopic (exact) mass is 1170 g/mol. The van der Waals surface area contributed by atoms with Crippen molar-refractivity contribution in [3.8, 4) is 0 Å². The van der Waals surface area contributed by atoms with Gasteiger partial charge in [0.25, 0.3) is 0 Å². The number of carbonyl (C=O) groups is 1. The van der Waals surface area contributed by atoms with Crippen molar-refractivity contribution in [1.29, 1.82) is 0 Å². The molecular weight excluding hydrogens is 1040 g/mol. The lowest BCUT2D eigenvalue weighted by molar-refractivity contribution is -0.359. The summed E-state index contributed by atoms with van der Waals surface area (Å²) in [6, 6.07) is -0.918. The Kier molecular flexibility index (Phi) is 49.7. The van der Waals surface area contributed by atoms with Crippen molar-refractivity contribution in [2.45, 2.75) is 370 Å².